The molecule has 160 valence electrons. The number of sulfonamides is 1. The van der Waals surface area contributed by atoms with Gasteiger partial charge >= 0.3 is 0 Å². The highest BCUT2D eigenvalue weighted by Crippen LogP contribution is 2.55. The first-order valence-corrected chi connectivity index (χ1v) is 12.5. The lowest BCUT2D eigenvalue weighted by atomic mass is 9.63. The van der Waals surface area contributed by atoms with Gasteiger partial charge in [-0.15, -0.1) is 0 Å². The van der Waals surface area contributed by atoms with E-state index >= 15 is 0 Å². The van der Waals surface area contributed by atoms with Crippen molar-refractivity contribution in [2.75, 3.05) is 11.9 Å². The van der Waals surface area contributed by atoms with E-state index in [-0.39, 0.29) is 22.5 Å². The fourth-order valence-corrected chi connectivity index (χ4v) is 6.62. The van der Waals surface area contributed by atoms with Crippen LogP contribution in [0.25, 0.3) is 0 Å². The molecule has 1 heterocycles. The summed E-state index contributed by atoms with van der Waals surface area (Å²) >= 11 is 24.6. The van der Waals surface area contributed by atoms with Crippen LogP contribution < -0.4 is 10.0 Å². The van der Waals surface area contributed by atoms with E-state index in [0.717, 1.165) is 36.1 Å². The van der Waals surface area contributed by atoms with Crippen molar-refractivity contribution in [3.63, 3.8) is 0 Å². The lowest BCUT2D eigenvalue weighted by Crippen LogP contribution is -2.45. The third-order valence-corrected chi connectivity index (χ3v) is 8.78. The molecule has 2 unspecified atom stereocenters. The molecule has 2 aromatic carbocycles. The summed E-state index contributed by atoms with van der Waals surface area (Å²) in [5.41, 5.74) is 2.49. The van der Waals surface area contributed by atoms with Gasteiger partial charge in [0.05, 0.1) is 25.7 Å². The van der Waals surface area contributed by atoms with Crippen LogP contribution in [0.1, 0.15) is 31.2 Å². The fourth-order valence-electron chi connectivity index (χ4n) is 4.65. The average molecular weight is 506 g/mol. The highest BCUT2D eigenvalue weighted by molar-refractivity contribution is 7.89. The summed E-state index contributed by atoms with van der Waals surface area (Å²) in [7, 11) is -3.74. The Morgan fingerprint density at radius 2 is 1.87 bits per heavy atom. The molecule has 9 heteroatoms. The molecule has 1 saturated carbocycles. The average Bonchev–Trinajstić information content (AvgIpc) is 3.00. The van der Waals surface area contributed by atoms with Gasteiger partial charge in [0.2, 0.25) is 10.0 Å². The molecule has 1 fully saturated rings. The zero-order valence-corrected chi connectivity index (χ0v) is 19.8. The third kappa shape index (κ3) is 3.74. The van der Waals surface area contributed by atoms with Gasteiger partial charge in [-0.3, -0.25) is 0 Å². The summed E-state index contributed by atoms with van der Waals surface area (Å²) in [4.78, 5) is 0.0736. The van der Waals surface area contributed by atoms with Gasteiger partial charge in [0.1, 0.15) is 0 Å². The lowest BCUT2D eigenvalue weighted by molar-refractivity contribution is 0.344. The number of rotatable bonds is 5. The van der Waals surface area contributed by atoms with Crippen LogP contribution in [0.5, 0.6) is 0 Å². The molecule has 0 radical (unpaired) electrons. The van der Waals surface area contributed by atoms with Gasteiger partial charge in [0, 0.05) is 23.0 Å². The molecule has 1 aliphatic carbocycles. The van der Waals surface area contributed by atoms with Gasteiger partial charge in [-0.05, 0) is 61.6 Å². The molecule has 2 N–H and O–H groups in total. The zero-order chi connectivity index (χ0) is 21.7. The predicted octanol–water partition coefficient (Wildman–Crippen LogP) is 6.44. The molecule has 0 spiro atoms. The quantitative estimate of drug-likeness (QED) is 0.459. The van der Waals surface area contributed by atoms with E-state index < -0.39 is 15.4 Å². The summed E-state index contributed by atoms with van der Waals surface area (Å²) < 4.78 is 28.2. The number of hydrogen-bond acceptors (Lipinski definition) is 3. The zero-order valence-electron chi connectivity index (χ0n) is 15.9. The Kier molecular flexibility index (Phi) is 6.08. The molecule has 0 bridgehead atoms. The monoisotopic (exact) mass is 504 g/mol. The van der Waals surface area contributed by atoms with Crippen LogP contribution in [0.15, 0.2) is 47.4 Å². The van der Waals surface area contributed by atoms with Gasteiger partial charge < -0.3 is 5.32 Å². The maximum atomic E-state index is 12.8. The largest absolute Gasteiger partial charge is 0.380 e. The second-order valence-corrected chi connectivity index (χ2v) is 11.1. The number of halogens is 4. The van der Waals surface area contributed by atoms with E-state index in [1.54, 1.807) is 6.07 Å². The van der Waals surface area contributed by atoms with Crippen LogP contribution >= 0.6 is 46.4 Å². The van der Waals surface area contributed by atoms with Crippen molar-refractivity contribution in [3.8, 4) is 0 Å². The SMILES string of the molecule is C=C1CCCC2Nc3c(Cl)cc(Cl)cc3C12CCNS(=O)(=O)c1ccc(Cl)c(Cl)c1. The van der Waals surface area contributed by atoms with Gasteiger partial charge in [0.15, 0.2) is 0 Å². The summed E-state index contributed by atoms with van der Waals surface area (Å²) in [5.74, 6) is 0. The van der Waals surface area contributed by atoms with Gasteiger partial charge in [-0.2, -0.15) is 0 Å². The van der Waals surface area contributed by atoms with Gasteiger partial charge in [0.25, 0.3) is 0 Å². The Morgan fingerprint density at radius 3 is 2.60 bits per heavy atom. The molecule has 4 nitrogen and oxygen atoms in total. The van der Waals surface area contributed by atoms with E-state index in [0.29, 0.717) is 21.5 Å². The van der Waals surface area contributed by atoms with Crippen molar-refractivity contribution in [2.45, 2.75) is 42.0 Å². The van der Waals surface area contributed by atoms with Crippen LogP contribution in [-0.2, 0) is 15.4 Å². The Balaban J connectivity index is 1.62. The number of benzene rings is 2. The van der Waals surface area contributed by atoms with Gasteiger partial charge in [-0.25, -0.2) is 13.1 Å². The molecule has 30 heavy (non-hydrogen) atoms. The minimum Gasteiger partial charge on any atom is -0.380 e. The van der Waals surface area contributed by atoms with E-state index in [1.165, 1.54) is 18.2 Å². The first-order valence-electron chi connectivity index (χ1n) is 9.54. The normalized spacial score (nSPS) is 23.1. The molecule has 0 amide bonds. The van der Waals surface area contributed by atoms with Crippen LogP contribution in [0.3, 0.4) is 0 Å². The smallest absolute Gasteiger partial charge is 0.240 e. The third-order valence-electron chi connectivity index (χ3n) is 6.06. The molecule has 4 rings (SSSR count). The van der Waals surface area contributed by atoms with E-state index in [9.17, 15) is 8.42 Å². The van der Waals surface area contributed by atoms with Crippen molar-refractivity contribution >= 4 is 62.1 Å². The molecule has 2 aliphatic rings. The number of nitrogens with one attached hydrogen (secondary N) is 2. The highest BCUT2D eigenvalue weighted by atomic mass is 35.5. The molecule has 2 atom stereocenters. The maximum Gasteiger partial charge on any atom is 0.240 e. The van der Waals surface area contributed by atoms with Crippen molar-refractivity contribution in [2.24, 2.45) is 0 Å². The van der Waals surface area contributed by atoms with Gasteiger partial charge in [-0.1, -0.05) is 58.6 Å². The lowest BCUT2D eigenvalue weighted by Gasteiger charge is -2.42. The van der Waals surface area contributed by atoms with Crippen LogP contribution in [0.2, 0.25) is 20.1 Å². The fraction of sp³-hybridized carbons (Fsp3) is 0.333. The van der Waals surface area contributed by atoms with E-state index in [4.69, 9.17) is 46.4 Å². The van der Waals surface area contributed by atoms with Crippen molar-refractivity contribution in [1.29, 1.82) is 0 Å². The highest BCUT2D eigenvalue weighted by Gasteiger charge is 2.50. The second kappa shape index (κ2) is 8.19. The van der Waals surface area contributed by atoms with Crippen LogP contribution in [0.4, 0.5) is 5.69 Å². The molecule has 1 aliphatic heterocycles. The summed E-state index contributed by atoms with van der Waals surface area (Å²) in [5, 5.41) is 5.15. The maximum absolute atomic E-state index is 12.8. The van der Waals surface area contributed by atoms with Crippen molar-refractivity contribution in [3.05, 3.63) is 68.1 Å². The van der Waals surface area contributed by atoms with Crippen LogP contribution in [-0.4, -0.2) is 21.0 Å². The predicted molar refractivity (Wildman–Crippen MR) is 125 cm³/mol. The number of hydrogen-bond donors (Lipinski definition) is 2. The van der Waals surface area contributed by atoms with E-state index in [1.807, 2.05) is 6.07 Å². The molecular formula is C21H20Cl4N2O2S. The van der Waals surface area contributed by atoms with E-state index in [2.05, 4.69) is 16.6 Å². The van der Waals surface area contributed by atoms with Crippen LogP contribution in [0, 0.1) is 0 Å². The summed E-state index contributed by atoms with van der Waals surface area (Å²) in [6.45, 7) is 4.57. The Hall–Kier alpha value is -0.950. The second-order valence-electron chi connectivity index (χ2n) is 7.70. The van der Waals surface area contributed by atoms with Crippen molar-refractivity contribution in [1.82, 2.24) is 4.72 Å². The molecule has 0 saturated heterocycles. The minimum atomic E-state index is -3.74. The number of fused-ring (bicyclic) bond motifs is 3. The Morgan fingerprint density at radius 1 is 1.10 bits per heavy atom. The molecular weight excluding hydrogens is 486 g/mol. The summed E-state index contributed by atoms with van der Waals surface area (Å²) in [6.07, 6.45) is 3.38. The number of anilines is 1. The molecule has 0 aromatic heterocycles. The van der Waals surface area contributed by atoms with Crippen molar-refractivity contribution < 1.29 is 8.42 Å². The minimum absolute atomic E-state index is 0.0736. The Bertz CT molecular complexity index is 1140. The Labute approximate surface area is 196 Å². The summed E-state index contributed by atoms with van der Waals surface area (Å²) in [6, 6.07) is 7.98. The first-order chi connectivity index (χ1) is 14.1. The molecule has 2 aromatic rings. The topological polar surface area (TPSA) is 58.2 Å². The first kappa shape index (κ1) is 22.3. The standard InChI is InChI=1S/C21H20Cl4N2O2S/c1-12-3-2-4-19-21(12,15-9-13(22)10-18(25)20(15)27-19)7-8-26-30(28,29)14-5-6-16(23)17(24)11-14/h5-6,9-11,19,26-27H,1-4,7-8H2.